The molecule has 0 amide bonds. The van der Waals surface area contributed by atoms with Crippen LogP contribution in [0.3, 0.4) is 0 Å². The SMILES string of the molecule is Cc1cccc(C(=O)C(c2cccc(C)c2)(c2cccc(C)c2)c2ccnc(F)c2)c1. The van der Waals surface area contributed by atoms with E-state index in [1.54, 1.807) is 6.07 Å². The lowest BCUT2D eigenvalue weighted by molar-refractivity contribution is 0.0935. The lowest BCUT2D eigenvalue weighted by Crippen LogP contribution is -2.39. The predicted octanol–water partition coefficient (Wildman–Crippen LogP) is 6.36. The Morgan fingerprint density at radius 3 is 1.74 bits per heavy atom. The van der Waals surface area contributed by atoms with Gasteiger partial charge in [0.05, 0.1) is 0 Å². The molecule has 0 N–H and O–H groups in total. The van der Waals surface area contributed by atoms with Crippen LogP contribution >= 0.6 is 0 Å². The molecular formula is C28H24FNO. The molecule has 0 aliphatic heterocycles. The first-order valence-corrected chi connectivity index (χ1v) is 10.3. The van der Waals surface area contributed by atoms with Gasteiger partial charge in [-0.3, -0.25) is 4.79 Å². The van der Waals surface area contributed by atoms with Gasteiger partial charge in [-0.1, -0.05) is 83.4 Å². The Balaban J connectivity index is 2.14. The third-order valence-electron chi connectivity index (χ3n) is 5.68. The first-order valence-electron chi connectivity index (χ1n) is 10.3. The van der Waals surface area contributed by atoms with Crippen molar-refractivity contribution in [3.63, 3.8) is 0 Å². The highest BCUT2D eigenvalue weighted by atomic mass is 19.1. The van der Waals surface area contributed by atoms with Crippen molar-refractivity contribution in [3.8, 4) is 0 Å². The van der Waals surface area contributed by atoms with E-state index in [0.717, 1.165) is 27.8 Å². The van der Waals surface area contributed by atoms with Gasteiger partial charge in [-0.15, -0.1) is 0 Å². The maximum Gasteiger partial charge on any atom is 0.213 e. The van der Waals surface area contributed by atoms with Crippen molar-refractivity contribution in [2.24, 2.45) is 0 Å². The molecule has 0 aliphatic carbocycles. The number of hydrogen-bond donors (Lipinski definition) is 0. The zero-order chi connectivity index (χ0) is 22.0. The molecule has 3 heteroatoms. The normalized spacial score (nSPS) is 11.4. The number of halogens is 1. The number of hydrogen-bond acceptors (Lipinski definition) is 2. The van der Waals surface area contributed by atoms with E-state index in [-0.39, 0.29) is 5.78 Å². The highest BCUT2D eigenvalue weighted by molar-refractivity contribution is 6.09. The molecule has 31 heavy (non-hydrogen) atoms. The first kappa shape index (κ1) is 20.7. The van der Waals surface area contributed by atoms with E-state index >= 15 is 0 Å². The highest BCUT2D eigenvalue weighted by Gasteiger charge is 2.44. The number of aromatic nitrogens is 1. The van der Waals surface area contributed by atoms with Crippen molar-refractivity contribution in [3.05, 3.63) is 136 Å². The van der Waals surface area contributed by atoms with Gasteiger partial charge >= 0.3 is 0 Å². The monoisotopic (exact) mass is 409 g/mol. The number of aryl methyl sites for hydroxylation is 3. The van der Waals surface area contributed by atoms with Crippen LogP contribution in [-0.4, -0.2) is 10.8 Å². The molecule has 2 nitrogen and oxygen atoms in total. The molecule has 0 spiro atoms. The minimum atomic E-state index is -1.21. The summed E-state index contributed by atoms with van der Waals surface area (Å²) in [6.07, 6.45) is 1.43. The number of nitrogens with zero attached hydrogens (tertiary/aromatic N) is 1. The van der Waals surface area contributed by atoms with Gasteiger partial charge in [0.15, 0.2) is 5.78 Å². The number of Topliss-reactive ketones (excluding diaryl/α,β-unsaturated/α-hetero) is 1. The van der Waals surface area contributed by atoms with Crippen molar-refractivity contribution in [2.45, 2.75) is 26.2 Å². The van der Waals surface area contributed by atoms with Crippen molar-refractivity contribution in [2.75, 3.05) is 0 Å². The van der Waals surface area contributed by atoms with Gasteiger partial charge in [-0.05, 0) is 55.7 Å². The summed E-state index contributed by atoms with van der Waals surface area (Å²) in [5.41, 5.74) is 4.58. The van der Waals surface area contributed by atoms with E-state index in [0.29, 0.717) is 11.1 Å². The second-order valence-electron chi connectivity index (χ2n) is 8.05. The fourth-order valence-corrected chi connectivity index (χ4v) is 4.29. The topological polar surface area (TPSA) is 30.0 Å². The summed E-state index contributed by atoms with van der Waals surface area (Å²) in [6.45, 7) is 5.95. The zero-order valence-corrected chi connectivity index (χ0v) is 17.9. The van der Waals surface area contributed by atoms with Gasteiger partial charge in [-0.25, -0.2) is 4.98 Å². The molecule has 0 radical (unpaired) electrons. The first-order chi connectivity index (χ1) is 14.9. The smallest absolute Gasteiger partial charge is 0.213 e. The third kappa shape index (κ3) is 3.79. The molecule has 0 aliphatic rings. The van der Waals surface area contributed by atoms with Crippen LogP contribution in [0.15, 0.2) is 91.1 Å². The van der Waals surface area contributed by atoms with Crippen LogP contribution in [0.2, 0.25) is 0 Å². The van der Waals surface area contributed by atoms with Crippen LogP contribution in [0, 0.1) is 26.7 Å². The lowest BCUT2D eigenvalue weighted by Gasteiger charge is -2.35. The Bertz CT molecular complexity index is 1150. The summed E-state index contributed by atoms with van der Waals surface area (Å²) in [6, 6.07) is 26.5. The van der Waals surface area contributed by atoms with Crippen LogP contribution in [0.1, 0.15) is 43.7 Å². The molecule has 4 rings (SSSR count). The molecule has 1 heterocycles. The van der Waals surface area contributed by atoms with Crippen molar-refractivity contribution < 1.29 is 9.18 Å². The van der Waals surface area contributed by atoms with E-state index in [4.69, 9.17) is 0 Å². The maximum atomic E-state index is 14.4. The average Bonchev–Trinajstić information content (AvgIpc) is 2.74. The largest absolute Gasteiger partial charge is 0.292 e. The second kappa shape index (κ2) is 8.27. The van der Waals surface area contributed by atoms with Crippen LogP contribution < -0.4 is 0 Å². The van der Waals surface area contributed by atoms with E-state index in [1.807, 2.05) is 93.6 Å². The summed E-state index contributed by atoms with van der Waals surface area (Å²) in [5.74, 6) is -0.711. The summed E-state index contributed by atoms with van der Waals surface area (Å²) >= 11 is 0. The molecule has 0 bridgehead atoms. The second-order valence-corrected chi connectivity index (χ2v) is 8.05. The van der Waals surface area contributed by atoms with Gasteiger partial charge in [0.25, 0.3) is 0 Å². The number of carbonyl (C=O) groups excluding carboxylic acids is 1. The summed E-state index contributed by atoms with van der Waals surface area (Å²) in [7, 11) is 0. The molecule has 4 aromatic rings. The van der Waals surface area contributed by atoms with Crippen molar-refractivity contribution in [1.29, 1.82) is 0 Å². The minimum absolute atomic E-state index is 0.0991. The number of rotatable bonds is 5. The Morgan fingerprint density at radius 1 is 0.710 bits per heavy atom. The summed E-state index contributed by atoms with van der Waals surface area (Å²) in [4.78, 5) is 18.2. The number of carbonyl (C=O) groups is 1. The molecule has 0 saturated heterocycles. The number of benzene rings is 3. The minimum Gasteiger partial charge on any atom is -0.292 e. The van der Waals surface area contributed by atoms with Crippen LogP contribution in [0.4, 0.5) is 4.39 Å². The standard InChI is InChI=1S/C28H24FNO/c1-19-7-4-10-22(15-19)27(31)28(23-11-5-8-20(2)16-23,24-12-6-9-21(3)17-24)25-13-14-30-26(29)18-25/h4-18H,1-3H3. The Labute approximate surface area is 182 Å². The fourth-order valence-electron chi connectivity index (χ4n) is 4.29. The maximum absolute atomic E-state index is 14.4. The molecule has 3 aromatic carbocycles. The highest BCUT2D eigenvalue weighted by Crippen LogP contribution is 2.42. The molecule has 1 aromatic heterocycles. The van der Waals surface area contributed by atoms with Gasteiger partial charge < -0.3 is 0 Å². The molecule has 154 valence electrons. The van der Waals surface area contributed by atoms with E-state index in [9.17, 15) is 9.18 Å². The molecule has 0 saturated carbocycles. The summed E-state index contributed by atoms with van der Waals surface area (Å²) in [5, 5.41) is 0. The molecule has 0 unspecified atom stereocenters. The van der Waals surface area contributed by atoms with E-state index in [2.05, 4.69) is 4.98 Å². The Hall–Kier alpha value is -3.59. The fraction of sp³-hybridized carbons (Fsp3) is 0.143. The molecule has 0 atom stereocenters. The zero-order valence-electron chi connectivity index (χ0n) is 17.9. The lowest BCUT2D eigenvalue weighted by atomic mass is 9.65. The predicted molar refractivity (Wildman–Crippen MR) is 122 cm³/mol. The van der Waals surface area contributed by atoms with Crippen LogP contribution in [0.5, 0.6) is 0 Å². The summed E-state index contributed by atoms with van der Waals surface area (Å²) < 4.78 is 14.4. The number of pyridine rings is 1. The van der Waals surface area contributed by atoms with Crippen molar-refractivity contribution >= 4 is 5.78 Å². The van der Waals surface area contributed by atoms with Crippen LogP contribution in [-0.2, 0) is 5.41 Å². The third-order valence-corrected chi connectivity index (χ3v) is 5.68. The van der Waals surface area contributed by atoms with Crippen molar-refractivity contribution in [1.82, 2.24) is 4.98 Å². The Morgan fingerprint density at radius 2 is 1.23 bits per heavy atom. The average molecular weight is 410 g/mol. The Kier molecular flexibility index (Phi) is 5.51. The van der Waals surface area contributed by atoms with Gasteiger partial charge in [0.1, 0.15) is 5.41 Å². The van der Waals surface area contributed by atoms with E-state index in [1.165, 1.54) is 12.3 Å². The van der Waals surface area contributed by atoms with Gasteiger partial charge in [0.2, 0.25) is 5.95 Å². The number of ketones is 1. The van der Waals surface area contributed by atoms with E-state index < -0.39 is 11.4 Å². The van der Waals surface area contributed by atoms with Crippen LogP contribution in [0.25, 0.3) is 0 Å². The van der Waals surface area contributed by atoms with Gasteiger partial charge in [0, 0.05) is 11.8 Å². The quantitative estimate of drug-likeness (QED) is 0.283. The molecule has 0 fully saturated rings. The van der Waals surface area contributed by atoms with Gasteiger partial charge in [-0.2, -0.15) is 4.39 Å². The molecular weight excluding hydrogens is 385 g/mol.